The molecule has 1 aromatic heterocycles. The van der Waals surface area contributed by atoms with Gasteiger partial charge in [0.25, 0.3) is 0 Å². The van der Waals surface area contributed by atoms with E-state index in [2.05, 4.69) is 29.1 Å². The van der Waals surface area contributed by atoms with Crippen molar-refractivity contribution in [3.8, 4) is 0 Å². The lowest BCUT2D eigenvalue weighted by Crippen LogP contribution is -2.29. The highest BCUT2D eigenvalue weighted by atomic mass is 15.0. The second-order valence-corrected chi connectivity index (χ2v) is 5.07. The van der Waals surface area contributed by atoms with Crippen LogP contribution in [0.25, 0.3) is 0 Å². The van der Waals surface area contributed by atoms with Crippen LogP contribution in [0, 0.1) is 5.92 Å². The molecule has 0 radical (unpaired) electrons. The Labute approximate surface area is 103 Å². The third kappa shape index (κ3) is 2.75. The Kier molecular flexibility index (Phi) is 3.94. The highest BCUT2D eigenvalue weighted by molar-refractivity contribution is 5.48. The quantitative estimate of drug-likeness (QED) is 0.814. The Morgan fingerprint density at radius 3 is 2.88 bits per heavy atom. The maximum Gasteiger partial charge on any atom is 0.133 e. The molecule has 0 spiro atoms. The van der Waals surface area contributed by atoms with Crippen LogP contribution in [0.2, 0.25) is 0 Å². The number of aromatic nitrogens is 2. The van der Waals surface area contributed by atoms with Crippen molar-refractivity contribution < 1.29 is 0 Å². The Morgan fingerprint density at radius 2 is 2.18 bits per heavy atom. The van der Waals surface area contributed by atoms with Crippen LogP contribution in [-0.2, 0) is 12.8 Å². The summed E-state index contributed by atoms with van der Waals surface area (Å²) in [6.45, 7) is 5.15. The van der Waals surface area contributed by atoms with Gasteiger partial charge in [-0.05, 0) is 38.1 Å². The van der Waals surface area contributed by atoms with Gasteiger partial charge in [-0.15, -0.1) is 0 Å². The molecular formula is C13H22N4. The van der Waals surface area contributed by atoms with Crippen molar-refractivity contribution in [2.45, 2.75) is 45.6 Å². The smallest absolute Gasteiger partial charge is 0.133 e. The standard InChI is InChI=1S/C13H22N4/c1-9(2)11(6-7-14)17-13-10-4-3-5-12(10)15-8-16-13/h8-9,11H,3-7,14H2,1-2H3,(H,15,16,17). The highest BCUT2D eigenvalue weighted by Gasteiger charge is 2.20. The first-order valence-corrected chi connectivity index (χ1v) is 6.51. The monoisotopic (exact) mass is 234 g/mol. The van der Waals surface area contributed by atoms with Crippen LogP contribution in [-0.4, -0.2) is 22.6 Å². The van der Waals surface area contributed by atoms with E-state index in [1.54, 1.807) is 6.33 Å². The van der Waals surface area contributed by atoms with Crippen LogP contribution in [0.3, 0.4) is 0 Å². The molecule has 0 aliphatic heterocycles. The van der Waals surface area contributed by atoms with Crippen LogP contribution in [0.1, 0.15) is 37.9 Å². The molecule has 1 heterocycles. The zero-order valence-electron chi connectivity index (χ0n) is 10.7. The minimum absolute atomic E-state index is 0.402. The fourth-order valence-corrected chi connectivity index (χ4v) is 2.41. The summed E-state index contributed by atoms with van der Waals surface area (Å²) in [6.07, 6.45) is 6.05. The van der Waals surface area contributed by atoms with E-state index < -0.39 is 0 Å². The van der Waals surface area contributed by atoms with Crippen LogP contribution < -0.4 is 11.1 Å². The maximum atomic E-state index is 5.66. The average Bonchev–Trinajstić information content (AvgIpc) is 2.77. The van der Waals surface area contributed by atoms with Crippen molar-refractivity contribution in [1.82, 2.24) is 9.97 Å². The number of fused-ring (bicyclic) bond motifs is 1. The molecule has 94 valence electrons. The van der Waals surface area contributed by atoms with Crippen LogP contribution in [0.4, 0.5) is 5.82 Å². The summed E-state index contributed by atoms with van der Waals surface area (Å²) in [7, 11) is 0. The van der Waals surface area contributed by atoms with E-state index in [0.717, 1.165) is 25.1 Å². The molecule has 0 amide bonds. The molecule has 3 N–H and O–H groups in total. The number of nitrogens with one attached hydrogen (secondary N) is 1. The Hall–Kier alpha value is -1.16. The fraction of sp³-hybridized carbons (Fsp3) is 0.692. The molecule has 1 aliphatic carbocycles. The normalized spacial score (nSPS) is 16.0. The average molecular weight is 234 g/mol. The van der Waals surface area contributed by atoms with E-state index in [1.165, 1.54) is 17.7 Å². The lowest BCUT2D eigenvalue weighted by Gasteiger charge is -2.23. The number of anilines is 1. The number of nitrogens with two attached hydrogens (primary N) is 1. The van der Waals surface area contributed by atoms with E-state index in [0.29, 0.717) is 18.5 Å². The minimum Gasteiger partial charge on any atom is -0.367 e. The van der Waals surface area contributed by atoms with E-state index in [4.69, 9.17) is 5.73 Å². The van der Waals surface area contributed by atoms with Crippen molar-refractivity contribution in [1.29, 1.82) is 0 Å². The first-order valence-electron chi connectivity index (χ1n) is 6.51. The van der Waals surface area contributed by atoms with Crippen molar-refractivity contribution in [3.05, 3.63) is 17.6 Å². The van der Waals surface area contributed by atoms with Gasteiger partial charge in [-0.3, -0.25) is 0 Å². The Morgan fingerprint density at radius 1 is 1.35 bits per heavy atom. The summed E-state index contributed by atoms with van der Waals surface area (Å²) in [4.78, 5) is 8.73. The second kappa shape index (κ2) is 5.45. The van der Waals surface area contributed by atoms with Gasteiger partial charge < -0.3 is 11.1 Å². The summed E-state index contributed by atoms with van der Waals surface area (Å²) in [6, 6.07) is 0.402. The molecule has 0 fully saturated rings. The molecule has 4 nitrogen and oxygen atoms in total. The first-order chi connectivity index (χ1) is 8.22. The first kappa shape index (κ1) is 12.3. The van der Waals surface area contributed by atoms with Crippen LogP contribution in [0.5, 0.6) is 0 Å². The molecule has 0 bridgehead atoms. The predicted octanol–water partition coefficient (Wildman–Crippen LogP) is 1.75. The van der Waals surface area contributed by atoms with Gasteiger partial charge in [0, 0.05) is 17.3 Å². The van der Waals surface area contributed by atoms with Crippen molar-refractivity contribution in [3.63, 3.8) is 0 Å². The van der Waals surface area contributed by atoms with Crippen LogP contribution in [0.15, 0.2) is 6.33 Å². The summed E-state index contributed by atoms with van der Waals surface area (Å²) in [5.41, 5.74) is 8.20. The summed E-state index contributed by atoms with van der Waals surface area (Å²) in [5.74, 6) is 1.59. The van der Waals surface area contributed by atoms with Gasteiger partial charge in [-0.1, -0.05) is 13.8 Å². The zero-order chi connectivity index (χ0) is 12.3. The van der Waals surface area contributed by atoms with Gasteiger partial charge in [0.15, 0.2) is 0 Å². The molecule has 0 aromatic carbocycles. The number of hydrogen-bond donors (Lipinski definition) is 2. The summed E-state index contributed by atoms with van der Waals surface area (Å²) >= 11 is 0. The van der Waals surface area contributed by atoms with E-state index in [1.807, 2.05) is 0 Å². The van der Waals surface area contributed by atoms with Crippen molar-refractivity contribution >= 4 is 5.82 Å². The second-order valence-electron chi connectivity index (χ2n) is 5.07. The number of nitrogens with zero attached hydrogens (tertiary/aromatic N) is 2. The maximum absolute atomic E-state index is 5.66. The van der Waals surface area contributed by atoms with E-state index in [-0.39, 0.29) is 0 Å². The van der Waals surface area contributed by atoms with Gasteiger partial charge in [-0.2, -0.15) is 0 Å². The third-order valence-corrected chi connectivity index (χ3v) is 3.48. The molecule has 4 heteroatoms. The molecule has 1 unspecified atom stereocenters. The zero-order valence-corrected chi connectivity index (χ0v) is 10.7. The third-order valence-electron chi connectivity index (χ3n) is 3.48. The lowest BCUT2D eigenvalue weighted by molar-refractivity contribution is 0.497. The number of hydrogen-bond acceptors (Lipinski definition) is 4. The predicted molar refractivity (Wildman–Crippen MR) is 70.0 cm³/mol. The molecule has 2 rings (SSSR count). The Balaban J connectivity index is 2.14. The Bertz CT molecular complexity index is 376. The summed E-state index contributed by atoms with van der Waals surface area (Å²) < 4.78 is 0. The van der Waals surface area contributed by atoms with E-state index >= 15 is 0 Å². The number of rotatable bonds is 5. The molecule has 1 aromatic rings. The van der Waals surface area contributed by atoms with Gasteiger partial charge in [0.2, 0.25) is 0 Å². The fourth-order valence-electron chi connectivity index (χ4n) is 2.41. The van der Waals surface area contributed by atoms with Crippen molar-refractivity contribution in [2.75, 3.05) is 11.9 Å². The van der Waals surface area contributed by atoms with Gasteiger partial charge >= 0.3 is 0 Å². The van der Waals surface area contributed by atoms with Crippen molar-refractivity contribution in [2.24, 2.45) is 11.7 Å². The molecule has 1 aliphatic rings. The summed E-state index contributed by atoms with van der Waals surface area (Å²) in [5, 5.41) is 3.55. The van der Waals surface area contributed by atoms with Gasteiger partial charge in [0.1, 0.15) is 12.1 Å². The largest absolute Gasteiger partial charge is 0.367 e. The molecular weight excluding hydrogens is 212 g/mol. The van der Waals surface area contributed by atoms with Crippen LogP contribution >= 0.6 is 0 Å². The topological polar surface area (TPSA) is 63.8 Å². The molecule has 0 saturated carbocycles. The number of aryl methyl sites for hydroxylation is 1. The lowest BCUT2D eigenvalue weighted by atomic mass is 10.0. The molecule has 1 atom stereocenters. The van der Waals surface area contributed by atoms with E-state index in [9.17, 15) is 0 Å². The van der Waals surface area contributed by atoms with Gasteiger partial charge in [0.05, 0.1) is 0 Å². The molecule has 0 saturated heterocycles. The highest BCUT2D eigenvalue weighted by Crippen LogP contribution is 2.26. The SMILES string of the molecule is CC(C)C(CCN)Nc1ncnc2c1CCC2. The van der Waals surface area contributed by atoms with Gasteiger partial charge in [-0.25, -0.2) is 9.97 Å². The molecule has 17 heavy (non-hydrogen) atoms. The minimum atomic E-state index is 0.402.